The summed E-state index contributed by atoms with van der Waals surface area (Å²) in [5.74, 6) is 0.556. The minimum Gasteiger partial charge on any atom is -1.00 e. The normalized spacial score (nSPS) is 10.2. The zero-order valence-electron chi connectivity index (χ0n) is 10.6. The molecule has 0 spiro atoms. The molecule has 0 saturated carbocycles. The fraction of sp³-hybridized carbons (Fsp3) is 0.0667. The quantitative estimate of drug-likeness (QED) is 0.454. The predicted octanol–water partition coefficient (Wildman–Crippen LogP) is -0.778. The standard InChI is InChI=1S/C15H14N2O.ClH/c1-12-5-4-6-13(11-12)14(18)8-10-17-9-3-2-7-15(17)16;/h2-11,16H,1H3;1H. The molecule has 1 aromatic heterocycles. The molecular formula is C15H15ClN2O. The molecule has 0 aliphatic rings. The molecule has 0 aliphatic carbocycles. The second kappa shape index (κ2) is 6.71. The third-order valence-corrected chi connectivity index (χ3v) is 2.61. The number of rotatable bonds is 3. The summed E-state index contributed by atoms with van der Waals surface area (Å²) in [4.78, 5) is 11.9. The van der Waals surface area contributed by atoms with Gasteiger partial charge in [-0.2, -0.15) is 0 Å². The summed E-state index contributed by atoms with van der Waals surface area (Å²) in [6, 6.07) is 13.0. The van der Waals surface area contributed by atoms with E-state index >= 15 is 0 Å². The monoisotopic (exact) mass is 274 g/mol. The Kier molecular flexibility index (Phi) is 5.27. The molecule has 19 heavy (non-hydrogen) atoms. The molecule has 0 radical (unpaired) electrons. The Morgan fingerprint density at radius 3 is 2.68 bits per heavy atom. The van der Waals surface area contributed by atoms with Crippen LogP contribution in [0.25, 0.3) is 6.20 Å². The summed E-state index contributed by atoms with van der Waals surface area (Å²) in [6.07, 6.45) is 4.99. The van der Waals surface area contributed by atoms with Crippen molar-refractivity contribution in [2.24, 2.45) is 0 Å². The van der Waals surface area contributed by atoms with Crippen molar-refractivity contribution in [1.29, 1.82) is 0 Å². The van der Waals surface area contributed by atoms with Crippen LogP contribution in [0, 0.1) is 6.92 Å². The number of nitrogen functional groups attached to an aromatic ring is 1. The minimum absolute atomic E-state index is 0. The van der Waals surface area contributed by atoms with Crippen molar-refractivity contribution in [2.45, 2.75) is 6.92 Å². The molecule has 3 nitrogen and oxygen atoms in total. The number of pyridine rings is 1. The second-order valence-electron chi connectivity index (χ2n) is 4.08. The number of allylic oxidation sites excluding steroid dienone is 1. The predicted molar refractivity (Wildman–Crippen MR) is 71.9 cm³/mol. The van der Waals surface area contributed by atoms with Gasteiger partial charge in [-0.3, -0.25) is 10.5 Å². The number of nitrogens with two attached hydrogens (primary N) is 1. The van der Waals surface area contributed by atoms with Crippen molar-refractivity contribution < 1.29 is 21.8 Å². The fourth-order valence-corrected chi connectivity index (χ4v) is 1.65. The van der Waals surface area contributed by atoms with E-state index < -0.39 is 0 Å². The molecule has 0 bridgehead atoms. The zero-order valence-corrected chi connectivity index (χ0v) is 11.3. The molecule has 0 unspecified atom stereocenters. The maximum atomic E-state index is 11.9. The third kappa shape index (κ3) is 3.93. The van der Waals surface area contributed by atoms with E-state index in [1.54, 1.807) is 29.1 Å². The summed E-state index contributed by atoms with van der Waals surface area (Å²) < 4.78 is 1.70. The van der Waals surface area contributed by atoms with Crippen molar-refractivity contribution >= 4 is 17.8 Å². The summed E-state index contributed by atoms with van der Waals surface area (Å²) >= 11 is 0. The third-order valence-electron chi connectivity index (χ3n) is 2.61. The number of aromatic nitrogens is 1. The number of ketones is 1. The number of hydrogen-bond acceptors (Lipinski definition) is 2. The van der Waals surface area contributed by atoms with Crippen molar-refractivity contribution in [2.75, 3.05) is 5.73 Å². The van der Waals surface area contributed by atoms with Crippen LogP contribution in [-0.4, -0.2) is 5.78 Å². The number of carbonyl (C=O) groups is 1. The number of nitrogens with zero attached hydrogens (tertiary/aromatic N) is 1. The molecule has 2 rings (SSSR count). The van der Waals surface area contributed by atoms with Gasteiger partial charge >= 0.3 is 0 Å². The highest BCUT2D eigenvalue weighted by Crippen LogP contribution is 2.05. The maximum Gasteiger partial charge on any atom is 0.276 e. The van der Waals surface area contributed by atoms with E-state index in [0.717, 1.165) is 5.56 Å². The van der Waals surface area contributed by atoms with Gasteiger partial charge in [-0.1, -0.05) is 29.8 Å². The highest BCUT2D eigenvalue weighted by molar-refractivity contribution is 6.05. The molecule has 0 amide bonds. The summed E-state index contributed by atoms with van der Waals surface area (Å²) in [6.45, 7) is 1.96. The molecule has 2 N–H and O–H groups in total. The summed E-state index contributed by atoms with van der Waals surface area (Å²) in [5.41, 5.74) is 7.52. The zero-order chi connectivity index (χ0) is 13.0. The molecule has 0 aliphatic heterocycles. The van der Waals surface area contributed by atoms with Crippen LogP contribution in [0.15, 0.2) is 54.7 Å². The number of anilines is 1. The Bertz CT molecular complexity index is 609. The van der Waals surface area contributed by atoms with Gasteiger partial charge in [0.2, 0.25) is 0 Å². The number of halogens is 1. The summed E-state index contributed by atoms with van der Waals surface area (Å²) in [5, 5.41) is 0. The molecule has 1 heterocycles. The van der Waals surface area contributed by atoms with Gasteiger partial charge < -0.3 is 12.4 Å². The van der Waals surface area contributed by atoms with Crippen molar-refractivity contribution in [3.8, 4) is 0 Å². The first-order chi connectivity index (χ1) is 8.66. The molecular weight excluding hydrogens is 260 g/mol. The van der Waals surface area contributed by atoms with Gasteiger partial charge in [0, 0.05) is 17.7 Å². The minimum atomic E-state index is -0.0329. The smallest absolute Gasteiger partial charge is 0.276 e. The Balaban J connectivity index is 0.00000180. The van der Waals surface area contributed by atoms with Crippen molar-refractivity contribution in [3.63, 3.8) is 0 Å². The highest BCUT2D eigenvalue weighted by Gasteiger charge is 2.03. The van der Waals surface area contributed by atoms with Crippen LogP contribution in [0.1, 0.15) is 15.9 Å². The molecule has 0 fully saturated rings. The van der Waals surface area contributed by atoms with E-state index in [4.69, 9.17) is 5.73 Å². The van der Waals surface area contributed by atoms with E-state index in [1.807, 2.05) is 37.3 Å². The second-order valence-corrected chi connectivity index (χ2v) is 4.08. The van der Waals surface area contributed by atoms with Crippen LogP contribution in [0.4, 0.5) is 5.82 Å². The Morgan fingerprint density at radius 1 is 1.21 bits per heavy atom. The Morgan fingerprint density at radius 2 is 2.00 bits per heavy atom. The first kappa shape index (κ1) is 14.9. The lowest BCUT2D eigenvalue weighted by atomic mass is 10.1. The number of aryl methyl sites for hydroxylation is 1. The van der Waals surface area contributed by atoms with E-state index in [9.17, 15) is 4.79 Å². The van der Waals surface area contributed by atoms with Crippen LogP contribution in [0.3, 0.4) is 0 Å². The van der Waals surface area contributed by atoms with Crippen LogP contribution < -0.4 is 22.7 Å². The first-order valence-corrected chi connectivity index (χ1v) is 5.71. The molecule has 0 atom stereocenters. The number of carbonyl (C=O) groups excluding carboxylic acids is 1. The van der Waals surface area contributed by atoms with Gasteiger partial charge in [-0.05, 0) is 19.1 Å². The van der Waals surface area contributed by atoms with E-state index in [1.165, 1.54) is 6.08 Å². The van der Waals surface area contributed by atoms with Gasteiger partial charge in [-0.25, -0.2) is 4.57 Å². The van der Waals surface area contributed by atoms with Crippen molar-refractivity contribution in [3.05, 3.63) is 65.9 Å². The lowest BCUT2D eigenvalue weighted by Crippen LogP contribution is -3.00. The first-order valence-electron chi connectivity index (χ1n) is 5.71. The molecule has 98 valence electrons. The molecule has 0 saturated heterocycles. The van der Waals surface area contributed by atoms with Gasteiger partial charge in [0.25, 0.3) is 5.82 Å². The SMILES string of the molecule is Cc1cccc(C(=O)C=C[n+]2ccccc2N)c1.[Cl-]. The van der Waals surface area contributed by atoms with Crippen LogP contribution in [-0.2, 0) is 0 Å². The van der Waals surface area contributed by atoms with Crippen molar-refractivity contribution in [1.82, 2.24) is 0 Å². The number of benzene rings is 1. The average Bonchev–Trinajstić information content (AvgIpc) is 2.37. The average molecular weight is 275 g/mol. The lowest BCUT2D eigenvalue weighted by Gasteiger charge is -1.98. The van der Waals surface area contributed by atoms with Gasteiger partial charge in [0.1, 0.15) is 0 Å². The van der Waals surface area contributed by atoms with Crippen LogP contribution in [0.2, 0.25) is 0 Å². The number of hydrogen-bond donors (Lipinski definition) is 1. The molecule has 4 heteroatoms. The van der Waals surface area contributed by atoms with E-state index in [-0.39, 0.29) is 18.2 Å². The lowest BCUT2D eigenvalue weighted by molar-refractivity contribution is -0.552. The molecule has 1 aromatic carbocycles. The fourth-order valence-electron chi connectivity index (χ4n) is 1.65. The van der Waals surface area contributed by atoms with Gasteiger partial charge in [0.15, 0.2) is 5.78 Å². The van der Waals surface area contributed by atoms with Gasteiger partial charge in [0.05, 0.1) is 12.4 Å². The summed E-state index contributed by atoms with van der Waals surface area (Å²) in [7, 11) is 0. The topological polar surface area (TPSA) is 47.0 Å². The highest BCUT2D eigenvalue weighted by atomic mass is 35.5. The Labute approximate surface area is 118 Å². The van der Waals surface area contributed by atoms with Gasteiger partial charge in [-0.15, -0.1) is 0 Å². The van der Waals surface area contributed by atoms with Crippen LogP contribution >= 0.6 is 0 Å². The van der Waals surface area contributed by atoms with E-state index in [0.29, 0.717) is 11.4 Å². The largest absolute Gasteiger partial charge is 1.00 e. The maximum absolute atomic E-state index is 11.9. The molecule has 2 aromatic rings. The van der Waals surface area contributed by atoms with Crippen LogP contribution in [0.5, 0.6) is 0 Å². The Hall–Kier alpha value is -2.13. The van der Waals surface area contributed by atoms with E-state index in [2.05, 4.69) is 0 Å².